The van der Waals surface area contributed by atoms with E-state index in [1.165, 1.54) is 24.2 Å². The minimum absolute atomic E-state index is 0.637. The Hall–Kier alpha value is -1.09. The van der Waals surface area contributed by atoms with Gasteiger partial charge in [0.15, 0.2) is 11.5 Å². The van der Waals surface area contributed by atoms with Crippen LogP contribution in [0.15, 0.2) is 29.8 Å². The van der Waals surface area contributed by atoms with E-state index in [1.54, 1.807) is 19.8 Å². The molecule has 104 valence electrons. The summed E-state index contributed by atoms with van der Waals surface area (Å²) in [5.41, 5.74) is 2.94. The number of hydrogen-bond donors (Lipinski definition) is 0. The van der Waals surface area contributed by atoms with Crippen LogP contribution < -0.4 is 9.47 Å². The lowest BCUT2D eigenvalue weighted by molar-refractivity contribution is 0.354. The first-order valence-electron chi connectivity index (χ1n) is 6.73. The van der Waals surface area contributed by atoms with Gasteiger partial charge in [0.25, 0.3) is 0 Å². The Bertz CT molecular complexity index is 454. The Morgan fingerprint density at radius 2 is 1.95 bits per heavy atom. The summed E-state index contributed by atoms with van der Waals surface area (Å²) in [5.74, 6) is 2.85. The van der Waals surface area contributed by atoms with Crippen LogP contribution in [0, 0.1) is 0 Å². The lowest BCUT2D eigenvalue weighted by atomic mass is 10.1. The lowest BCUT2D eigenvalue weighted by Gasteiger charge is -2.13. The van der Waals surface area contributed by atoms with Crippen LogP contribution in [0.5, 0.6) is 11.5 Å². The molecule has 1 atom stereocenters. The first-order valence-corrected chi connectivity index (χ1v) is 7.78. The van der Waals surface area contributed by atoms with Crippen LogP contribution in [0.1, 0.15) is 25.3 Å². The number of methoxy groups -OCH3 is 2. The molecule has 1 unspecified atom stereocenters. The summed E-state index contributed by atoms with van der Waals surface area (Å²) >= 11 is 2.05. The van der Waals surface area contributed by atoms with Gasteiger partial charge >= 0.3 is 0 Å². The van der Waals surface area contributed by atoms with Crippen LogP contribution in [0.3, 0.4) is 0 Å². The van der Waals surface area contributed by atoms with Crippen LogP contribution in [0.2, 0.25) is 0 Å². The molecule has 1 aromatic carbocycles. The zero-order chi connectivity index (χ0) is 13.7. The molecule has 1 aliphatic carbocycles. The molecule has 3 heteroatoms. The maximum absolute atomic E-state index is 5.34. The minimum Gasteiger partial charge on any atom is -0.493 e. The lowest BCUT2D eigenvalue weighted by Crippen LogP contribution is -2.03. The van der Waals surface area contributed by atoms with Crippen LogP contribution in [-0.2, 0) is 6.42 Å². The van der Waals surface area contributed by atoms with Gasteiger partial charge in [0.05, 0.1) is 14.2 Å². The fourth-order valence-corrected chi connectivity index (χ4v) is 3.16. The van der Waals surface area contributed by atoms with E-state index in [-0.39, 0.29) is 0 Å². The topological polar surface area (TPSA) is 18.5 Å². The van der Waals surface area contributed by atoms with Crippen molar-refractivity contribution in [3.63, 3.8) is 0 Å². The fraction of sp³-hybridized carbons (Fsp3) is 0.500. The van der Waals surface area contributed by atoms with E-state index < -0.39 is 0 Å². The van der Waals surface area contributed by atoms with Crippen molar-refractivity contribution in [2.45, 2.75) is 31.4 Å². The molecule has 0 N–H and O–H groups in total. The molecule has 1 aliphatic rings. The second-order valence-electron chi connectivity index (χ2n) is 4.89. The van der Waals surface area contributed by atoms with Crippen molar-refractivity contribution < 1.29 is 9.47 Å². The summed E-state index contributed by atoms with van der Waals surface area (Å²) in [6.45, 7) is 2.29. The van der Waals surface area contributed by atoms with E-state index in [4.69, 9.17) is 9.47 Å². The predicted octanol–water partition coefficient (Wildman–Crippen LogP) is 4.09. The molecule has 19 heavy (non-hydrogen) atoms. The predicted molar refractivity (Wildman–Crippen MR) is 82.5 cm³/mol. The van der Waals surface area contributed by atoms with Gasteiger partial charge in [-0.2, -0.15) is 11.8 Å². The number of thioether (sulfide) groups is 1. The molecular formula is C16H22O2S. The Labute approximate surface area is 120 Å². The molecule has 0 amide bonds. The molecule has 0 saturated carbocycles. The second kappa shape index (κ2) is 6.90. The zero-order valence-corrected chi connectivity index (χ0v) is 12.8. The summed E-state index contributed by atoms with van der Waals surface area (Å²) in [6.07, 6.45) is 5.91. The summed E-state index contributed by atoms with van der Waals surface area (Å²) in [4.78, 5) is 0. The molecule has 0 bridgehead atoms. The molecule has 0 radical (unpaired) electrons. The SMILES string of the molecule is COc1ccc(CC(C)SCCC2=CC2)cc1OC. The number of allylic oxidation sites excluding steroid dienone is 2. The number of hydrogen-bond acceptors (Lipinski definition) is 3. The van der Waals surface area contributed by atoms with Crippen molar-refractivity contribution in [3.05, 3.63) is 35.4 Å². The van der Waals surface area contributed by atoms with Gasteiger partial charge in [-0.25, -0.2) is 0 Å². The third-order valence-corrected chi connectivity index (χ3v) is 4.46. The number of benzene rings is 1. The fourth-order valence-electron chi connectivity index (χ4n) is 2.07. The minimum atomic E-state index is 0.637. The standard InChI is InChI=1S/C16H22O2S/c1-12(19-9-8-13-4-5-13)10-14-6-7-15(17-2)16(11-14)18-3/h4,6-7,11-12H,5,8-10H2,1-3H3. The van der Waals surface area contributed by atoms with Gasteiger partial charge in [0.2, 0.25) is 0 Å². The third kappa shape index (κ3) is 4.50. The van der Waals surface area contributed by atoms with E-state index in [0.29, 0.717) is 5.25 Å². The van der Waals surface area contributed by atoms with Crippen LogP contribution >= 0.6 is 11.8 Å². The Morgan fingerprint density at radius 1 is 1.21 bits per heavy atom. The first kappa shape index (κ1) is 14.3. The van der Waals surface area contributed by atoms with Crippen molar-refractivity contribution in [2.24, 2.45) is 0 Å². The molecule has 0 aliphatic heterocycles. The highest BCUT2D eigenvalue weighted by atomic mass is 32.2. The maximum atomic E-state index is 5.34. The molecule has 1 aromatic rings. The van der Waals surface area contributed by atoms with E-state index >= 15 is 0 Å². The van der Waals surface area contributed by atoms with Gasteiger partial charge in [-0.1, -0.05) is 24.6 Å². The normalized spacial score (nSPS) is 14.8. The van der Waals surface area contributed by atoms with Crippen molar-refractivity contribution in [1.29, 1.82) is 0 Å². The molecule has 0 saturated heterocycles. The molecule has 0 fully saturated rings. The monoisotopic (exact) mass is 278 g/mol. The van der Waals surface area contributed by atoms with Crippen molar-refractivity contribution in [1.82, 2.24) is 0 Å². The molecular weight excluding hydrogens is 256 g/mol. The van der Waals surface area contributed by atoms with Gasteiger partial charge < -0.3 is 9.47 Å². The second-order valence-corrected chi connectivity index (χ2v) is 6.44. The Balaban J connectivity index is 1.84. The third-order valence-electron chi connectivity index (χ3n) is 3.29. The molecule has 0 spiro atoms. The highest BCUT2D eigenvalue weighted by Crippen LogP contribution is 2.30. The maximum Gasteiger partial charge on any atom is 0.160 e. The van der Waals surface area contributed by atoms with Gasteiger partial charge in [-0.3, -0.25) is 0 Å². The van der Waals surface area contributed by atoms with Crippen LogP contribution in [0.25, 0.3) is 0 Å². The van der Waals surface area contributed by atoms with Crippen molar-refractivity contribution >= 4 is 11.8 Å². The van der Waals surface area contributed by atoms with Crippen LogP contribution in [-0.4, -0.2) is 25.2 Å². The van der Waals surface area contributed by atoms with Crippen molar-refractivity contribution in [2.75, 3.05) is 20.0 Å². The molecule has 0 heterocycles. The molecule has 2 rings (SSSR count). The van der Waals surface area contributed by atoms with E-state index in [9.17, 15) is 0 Å². The number of rotatable bonds is 8. The highest BCUT2D eigenvalue weighted by Gasteiger charge is 2.10. The van der Waals surface area contributed by atoms with Crippen LogP contribution in [0.4, 0.5) is 0 Å². The average Bonchev–Trinajstić information content (AvgIpc) is 3.22. The Kier molecular flexibility index (Phi) is 5.20. The van der Waals surface area contributed by atoms with Gasteiger partial charge in [0, 0.05) is 5.25 Å². The van der Waals surface area contributed by atoms with E-state index in [2.05, 4.69) is 36.9 Å². The van der Waals surface area contributed by atoms with Crippen molar-refractivity contribution in [3.8, 4) is 11.5 Å². The molecule has 2 nitrogen and oxygen atoms in total. The summed E-state index contributed by atoms with van der Waals surface area (Å²) in [7, 11) is 3.35. The van der Waals surface area contributed by atoms with E-state index in [1.807, 2.05) is 6.07 Å². The zero-order valence-electron chi connectivity index (χ0n) is 11.9. The average molecular weight is 278 g/mol. The van der Waals surface area contributed by atoms with Gasteiger partial charge in [-0.05, 0) is 42.7 Å². The summed E-state index contributed by atoms with van der Waals surface area (Å²) in [5, 5.41) is 0.637. The smallest absolute Gasteiger partial charge is 0.160 e. The summed E-state index contributed by atoms with van der Waals surface area (Å²) in [6, 6.07) is 6.20. The largest absolute Gasteiger partial charge is 0.493 e. The number of ether oxygens (including phenoxy) is 2. The van der Waals surface area contributed by atoms with E-state index in [0.717, 1.165) is 17.9 Å². The highest BCUT2D eigenvalue weighted by molar-refractivity contribution is 7.99. The van der Waals surface area contributed by atoms with Gasteiger partial charge in [-0.15, -0.1) is 0 Å². The quantitative estimate of drug-likeness (QED) is 0.667. The van der Waals surface area contributed by atoms with Gasteiger partial charge in [0.1, 0.15) is 0 Å². The molecule has 0 aromatic heterocycles. The first-order chi connectivity index (χ1) is 9.22. The Morgan fingerprint density at radius 3 is 2.58 bits per heavy atom. The summed E-state index contributed by atoms with van der Waals surface area (Å²) < 4.78 is 10.6.